The molecule has 2 aromatic rings. The van der Waals surface area contributed by atoms with Gasteiger partial charge in [-0.2, -0.15) is 0 Å². The van der Waals surface area contributed by atoms with Crippen molar-refractivity contribution >= 4 is 21.7 Å². The molecule has 0 fully saturated rings. The quantitative estimate of drug-likeness (QED) is 0.891. The Morgan fingerprint density at radius 2 is 1.86 bits per heavy atom. The molecule has 0 aliphatic heterocycles. The number of hydrogen-bond acceptors (Lipinski definition) is 4. The number of methoxy groups -OCH3 is 1. The Bertz CT molecular complexity index is 632. The first-order chi connectivity index (χ1) is 10.0. The molecule has 0 saturated heterocycles. The predicted octanol–water partition coefficient (Wildman–Crippen LogP) is 3.30. The van der Waals surface area contributed by atoms with Crippen molar-refractivity contribution in [2.24, 2.45) is 0 Å². The molecule has 1 heterocycles. The highest BCUT2D eigenvalue weighted by atomic mass is 79.9. The van der Waals surface area contributed by atoms with Gasteiger partial charge in [-0.05, 0) is 33.6 Å². The van der Waals surface area contributed by atoms with Crippen LogP contribution in [0.3, 0.4) is 0 Å². The summed E-state index contributed by atoms with van der Waals surface area (Å²) < 4.78 is 32.2. The van der Waals surface area contributed by atoms with Crippen LogP contribution in [-0.4, -0.2) is 24.1 Å². The number of rotatable bonds is 5. The van der Waals surface area contributed by atoms with E-state index in [9.17, 15) is 8.78 Å². The van der Waals surface area contributed by atoms with Gasteiger partial charge < -0.3 is 10.1 Å². The summed E-state index contributed by atoms with van der Waals surface area (Å²) in [5.41, 5.74) is 1.14. The maximum atomic E-state index is 13.2. The highest BCUT2D eigenvalue weighted by molar-refractivity contribution is 9.10. The third-order valence-corrected chi connectivity index (χ3v) is 3.60. The molecule has 1 aromatic carbocycles. The maximum Gasteiger partial charge on any atom is 0.144 e. The largest absolute Gasteiger partial charge is 0.378 e. The van der Waals surface area contributed by atoms with Crippen LogP contribution >= 0.6 is 15.9 Å². The van der Waals surface area contributed by atoms with E-state index in [1.54, 1.807) is 14.2 Å². The number of benzene rings is 1. The van der Waals surface area contributed by atoms with E-state index in [2.05, 4.69) is 31.2 Å². The summed E-state index contributed by atoms with van der Waals surface area (Å²) in [4.78, 5) is 8.68. The lowest BCUT2D eigenvalue weighted by Gasteiger charge is -2.11. The number of aromatic nitrogens is 2. The fraction of sp³-hybridized carbons (Fsp3) is 0.286. The van der Waals surface area contributed by atoms with Gasteiger partial charge in [0.15, 0.2) is 0 Å². The number of nitrogens with zero attached hydrogens (tertiary/aromatic N) is 2. The highest BCUT2D eigenvalue weighted by Crippen LogP contribution is 2.24. The van der Waals surface area contributed by atoms with E-state index >= 15 is 0 Å². The smallest absolute Gasteiger partial charge is 0.144 e. The van der Waals surface area contributed by atoms with Crippen molar-refractivity contribution in [1.82, 2.24) is 9.97 Å². The van der Waals surface area contributed by atoms with Gasteiger partial charge in [0.05, 0.1) is 16.8 Å². The predicted molar refractivity (Wildman–Crippen MR) is 79.2 cm³/mol. The number of hydrogen-bond donors (Lipinski definition) is 1. The van der Waals surface area contributed by atoms with Crippen LogP contribution in [0.5, 0.6) is 0 Å². The second-order valence-electron chi connectivity index (χ2n) is 4.39. The third-order valence-electron chi connectivity index (χ3n) is 2.77. The molecule has 0 saturated carbocycles. The summed E-state index contributed by atoms with van der Waals surface area (Å²) in [5, 5.41) is 2.94. The zero-order valence-corrected chi connectivity index (χ0v) is 13.2. The number of nitrogens with one attached hydrogen (secondary N) is 1. The van der Waals surface area contributed by atoms with Crippen molar-refractivity contribution in [2.75, 3.05) is 19.5 Å². The molecule has 1 N–H and O–H groups in total. The SMILES string of the molecule is CNc1nc(Cc2cc(F)cc(F)c2)nc(COC)c1Br. The van der Waals surface area contributed by atoms with Crippen LogP contribution in [-0.2, 0) is 17.8 Å². The van der Waals surface area contributed by atoms with Crippen molar-refractivity contribution in [3.8, 4) is 0 Å². The van der Waals surface area contributed by atoms with Gasteiger partial charge in [-0.25, -0.2) is 18.7 Å². The van der Waals surface area contributed by atoms with Crippen molar-refractivity contribution in [2.45, 2.75) is 13.0 Å². The fourth-order valence-electron chi connectivity index (χ4n) is 1.92. The molecular weight excluding hydrogens is 344 g/mol. The normalized spacial score (nSPS) is 10.7. The molecule has 0 atom stereocenters. The van der Waals surface area contributed by atoms with E-state index in [0.717, 1.165) is 6.07 Å². The van der Waals surface area contributed by atoms with Gasteiger partial charge in [0.25, 0.3) is 0 Å². The van der Waals surface area contributed by atoms with Crippen LogP contribution in [0.1, 0.15) is 17.1 Å². The molecule has 21 heavy (non-hydrogen) atoms. The molecule has 112 valence electrons. The molecule has 0 bridgehead atoms. The van der Waals surface area contributed by atoms with Crippen molar-refractivity contribution in [1.29, 1.82) is 0 Å². The molecule has 4 nitrogen and oxygen atoms in total. The lowest BCUT2D eigenvalue weighted by molar-refractivity contribution is 0.180. The van der Waals surface area contributed by atoms with Gasteiger partial charge in [-0.15, -0.1) is 0 Å². The van der Waals surface area contributed by atoms with E-state index in [1.165, 1.54) is 12.1 Å². The van der Waals surface area contributed by atoms with Crippen LogP contribution in [0.15, 0.2) is 22.7 Å². The minimum Gasteiger partial charge on any atom is -0.378 e. The molecule has 0 aliphatic rings. The Kier molecular flexibility index (Phi) is 5.19. The summed E-state index contributed by atoms with van der Waals surface area (Å²) in [6.45, 7) is 0.308. The van der Waals surface area contributed by atoms with Crippen LogP contribution in [0, 0.1) is 11.6 Å². The first-order valence-electron chi connectivity index (χ1n) is 6.20. The van der Waals surface area contributed by atoms with E-state index in [4.69, 9.17) is 4.74 Å². The Morgan fingerprint density at radius 3 is 2.43 bits per heavy atom. The Morgan fingerprint density at radius 1 is 1.19 bits per heavy atom. The minimum atomic E-state index is -0.618. The molecule has 0 aliphatic carbocycles. The summed E-state index contributed by atoms with van der Waals surface area (Å²) in [6.07, 6.45) is 0.230. The number of halogens is 3. The summed E-state index contributed by atoms with van der Waals surface area (Å²) >= 11 is 3.40. The van der Waals surface area contributed by atoms with Gasteiger partial charge in [0.2, 0.25) is 0 Å². The first kappa shape index (κ1) is 15.8. The molecule has 2 rings (SSSR count). The minimum absolute atomic E-state index is 0.230. The van der Waals surface area contributed by atoms with Gasteiger partial charge >= 0.3 is 0 Å². The van der Waals surface area contributed by atoms with E-state index in [-0.39, 0.29) is 6.42 Å². The van der Waals surface area contributed by atoms with Crippen LogP contribution < -0.4 is 5.32 Å². The zero-order chi connectivity index (χ0) is 15.4. The topological polar surface area (TPSA) is 47.0 Å². The van der Waals surface area contributed by atoms with Gasteiger partial charge in [-0.1, -0.05) is 0 Å². The zero-order valence-electron chi connectivity index (χ0n) is 11.6. The van der Waals surface area contributed by atoms with E-state index < -0.39 is 11.6 Å². The molecule has 0 spiro atoms. The summed E-state index contributed by atoms with van der Waals surface area (Å²) in [5.74, 6) is -0.176. The number of anilines is 1. The highest BCUT2D eigenvalue weighted by Gasteiger charge is 2.12. The van der Waals surface area contributed by atoms with E-state index in [1.807, 2.05) is 0 Å². The Hall–Kier alpha value is -1.60. The maximum absolute atomic E-state index is 13.2. The van der Waals surface area contributed by atoms with Gasteiger partial charge in [0.1, 0.15) is 23.3 Å². The van der Waals surface area contributed by atoms with Crippen molar-refractivity contribution in [3.63, 3.8) is 0 Å². The molecular formula is C14H14BrF2N3O. The Balaban J connectivity index is 2.36. The second-order valence-corrected chi connectivity index (χ2v) is 5.18. The van der Waals surface area contributed by atoms with Crippen molar-refractivity contribution < 1.29 is 13.5 Å². The van der Waals surface area contributed by atoms with Crippen LogP contribution in [0.2, 0.25) is 0 Å². The fourth-order valence-corrected chi connectivity index (χ4v) is 2.41. The first-order valence-corrected chi connectivity index (χ1v) is 6.99. The van der Waals surface area contributed by atoms with E-state index in [0.29, 0.717) is 34.0 Å². The Labute approximate surface area is 129 Å². The second kappa shape index (κ2) is 6.91. The van der Waals surface area contributed by atoms with Crippen LogP contribution in [0.25, 0.3) is 0 Å². The molecule has 0 radical (unpaired) electrons. The third kappa shape index (κ3) is 3.95. The molecule has 1 aromatic heterocycles. The summed E-state index contributed by atoms with van der Waals surface area (Å²) in [7, 11) is 3.30. The summed E-state index contributed by atoms with van der Waals surface area (Å²) in [6, 6.07) is 3.37. The average molecular weight is 358 g/mol. The molecule has 7 heteroatoms. The van der Waals surface area contributed by atoms with Gasteiger partial charge in [-0.3, -0.25) is 0 Å². The lowest BCUT2D eigenvalue weighted by atomic mass is 10.1. The average Bonchev–Trinajstić information content (AvgIpc) is 2.41. The lowest BCUT2D eigenvalue weighted by Crippen LogP contribution is -2.07. The number of ether oxygens (including phenoxy) is 1. The molecule has 0 amide bonds. The van der Waals surface area contributed by atoms with Crippen LogP contribution in [0.4, 0.5) is 14.6 Å². The molecule has 0 unspecified atom stereocenters. The standard InChI is InChI=1S/C14H14BrF2N3O/c1-18-14-13(15)11(7-21-2)19-12(20-14)5-8-3-9(16)6-10(17)4-8/h3-4,6H,5,7H2,1-2H3,(H,18,19,20). The van der Waals surface area contributed by atoms with Gasteiger partial charge in [0, 0.05) is 26.6 Å². The monoisotopic (exact) mass is 357 g/mol. The van der Waals surface area contributed by atoms with Crippen molar-refractivity contribution in [3.05, 3.63) is 51.4 Å².